The van der Waals surface area contributed by atoms with E-state index in [0.717, 1.165) is 31.0 Å². The number of benzene rings is 1. The Kier molecular flexibility index (Phi) is 6.51. The summed E-state index contributed by atoms with van der Waals surface area (Å²) in [5.41, 5.74) is 0.543. The third-order valence-corrected chi connectivity index (χ3v) is 3.11. The Labute approximate surface area is 130 Å². The summed E-state index contributed by atoms with van der Waals surface area (Å²) in [5, 5.41) is 2.19. The smallest absolute Gasteiger partial charge is 0.338 e. The average molecular weight is 304 g/mol. The number of esters is 1. The molecule has 2 N–H and O–H groups in total. The van der Waals surface area contributed by atoms with E-state index in [4.69, 9.17) is 13.9 Å². The van der Waals surface area contributed by atoms with Gasteiger partial charge in [0.25, 0.3) is 0 Å². The lowest BCUT2D eigenvalue weighted by Gasteiger charge is -2.06. The number of rotatable bonds is 9. The highest BCUT2D eigenvalue weighted by atomic mass is 16.5. The highest BCUT2D eigenvalue weighted by Gasteiger charge is 2.05. The van der Waals surface area contributed by atoms with Gasteiger partial charge in [-0.1, -0.05) is 0 Å². The fraction of sp³-hybridized carbons (Fsp3) is 0.353. The van der Waals surface area contributed by atoms with Crippen LogP contribution in [0.15, 0.2) is 47.1 Å². The molecular formula is C17H22NO4+. The molecule has 0 radical (unpaired) electrons. The standard InChI is InChI=1S/C17H21NO4/c1-2-20-17(19)14-6-8-15(9-7-14)21-12-4-10-18-13-16-5-3-11-22-16/h3,5-9,11,18H,2,4,10,12-13H2,1H3/p+1. The van der Waals surface area contributed by atoms with E-state index in [9.17, 15) is 4.79 Å². The van der Waals surface area contributed by atoms with E-state index in [1.54, 1.807) is 37.5 Å². The molecular weight excluding hydrogens is 282 g/mol. The molecule has 0 fully saturated rings. The molecule has 1 aromatic heterocycles. The average Bonchev–Trinajstić information content (AvgIpc) is 3.05. The highest BCUT2D eigenvalue weighted by molar-refractivity contribution is 5.89. The summed E-state index contributed by atoms with van der Waals surface area (Å²) in [6, 6.07) is 10.9. The molecule has 5 nitrogen and oxygen atoms in total. The monoisotopic (exact) mass is 304 g/mol. The Morgan fingerprint density at radius 2 is 2.05 bits per heavy atom. The number of ether oxygens (including phenoxy) is 2. The van der Waals surface area contributed by atoms with Crippen molar-refractivity contribution in [3.8, 4) is 5.75 Å². The van der Waals surface area contributed by atoms with Gasteiger partial charge in [0, 0.05) is 6.42 Å². The third-order valence-electron chi connectivity index (χ3n) is 3.11. The molecule has 0 aliphatic heterocycles. The zero-order valence-electron chi connectivity index (χ0n) is 12.8. The van der Waals surface area contributed by atoms with Gasteiger partial charge in [-0.05, 0) is 43.3 Å². The Morgan fingerprint density at radius 3 is 2.73 bits per heavy atom. The summed E-state index contributed by atoms with van der Waals surface area (Å²) in [4.78, 5) is 11.5. The quantitative estimate of drug-likeness (QED) is 0.568. The molecule has 1 aromatic carbocycles. The topological polar surface area (TPSA) is 65.3 Å². The third kappa shape index (κ3) is 5.26. The lowest BCUT2D eigenvalue weighted by atomic mass is 10.2. The predicted molar refractivity (Wildman–Crippen MR) is 81.7 cm³/mol. The molecule has 0 saturated carbocycles. The summed E-state index contributed by atoms with van der Waals surface area (Å²) >= 11 is 0. The molecule has 0 aliphatic rings. The van der Waals surface area contributed by atoms with E-state index in [0.29, 0.717) is 18.8 Å². The van der Waals surface area contributed by atoms with Crippen LogP contribution in [-0.4, -0.2) is 25.7 Å². The molecule has 0 saturated heterocycles. The van der Waals surface area contributed by atoms with Gasteiger partial charge in [-0.15, -0.1) is 0 Å². The second kappa shape index (κ2) is 8.89. The van der Waals surface area contributed by atoms with E-state index in [-0.39, 0.29) is 5.97 Å². The maximum atomic E-state index is 11.5. The molecule has 0 amide bonds. The van der Waals surface area contributed by atoms with Gasteiger partial charge in [0.2, 0.25) is 0 Å². The van der Waals surface area contributed by atoms with Crippen LogP contribution in [-0.2, 0) is 11.3 Å². The Bertz CT molecular complexity index is 549. The molecule has 5 heteroatoms. The van der Waals surface area contributed by atoms with Crippen LogP contribution >= 0.6 is 0 Å². The van der Waals surface area contributed by atoms with Crippen molar-refractivity contribution >= 4 is 5.97 Å². The lowest BCUT2D eigenvalue weighted by Crippen LogP contribution is -2.82. The predicted octanol–water partition coefficient (Wildman–Crippen LogP) is 1.99. The van der Waals surface area contributed by atoms with Gasteiger partial charge in [0.05, 0.1) is 31.6 Å². The first-order chi connectivity index (χ1) is 10.8. The van der Waals surface area contributed by atoms with Gasteiger partial charge in [0.1, 0.15) is 12.3 Å². The minimum absolute atomic E-state index is 0.304. The van der Waals surface area contributed by atoms with Gasteiger partial charge >= 0.3 is 5.97 Å². The molecule has 0 aliphatic carbocycles. The van der Waals surface area contributed by atoms with Gasteiger partial charge in [-0.3, -0.25) is 0 Å². The van der Waals surface area contributed by atoms with E-state index in [2.05, 4.69) is 5.32 Å². The van der Waals surface area contributed by atoms with Gasteiger partial charge in [-0.2, -0.15) is 0 Å². The van der Waals surface area contributed by atoms with Gasteiger partial charge in [0.15, 0.2) is 5.76 Å². The van der Waals surface area contributed by atoms with Crippen LogP contribution in [0.3, 0.4) is 0 Å². The van der Waals surface area contributed by atoms with Crippen LogP contribution in [0.4, 0.5) is 0 Å². The summed E-state index contributed by atoms with van der Waals surface area (Å²) in [5.74, 6) is 1.44. The summed E-state index contributed by atoms with van der Waals surface area (Å²) in [6.45, 7) is 4.64. The van der Waals surface area contributed by atoms with E-state index < -0.39 is 0 Å². The number of quaternary nitrogens is 1. The first-order valence-electron chi connectivity index (χ1n) is 7.53. The van der Waals surface area contributed by atoms with Crippen molar-refractivity contribution in [3.63, 3.8) is 0 Å². The zero-order valence-corrected chi connectivity index (χ0v) is 12.8. The SMILES string of the molecule is CCOC(=O)c1ccc(OCCC[NH2+]Cc2ccco2)cc1. The summed E-state index contributed by atoms with van der Waals surface area (Å²) < 4.78 is 15.8. The van der Waals surface area contributed by atoms with Gasteiger partial charge in [-0.25, -0.2) is 4.79 Å². The van der Waals surface area contributed by atoms with Crippen molar-refractivity contribution in [3.05, 3.63) is 54.0 Å². The summed E-state index contributed by atoms with van der Waals surface area (Å²) in [7, 11) is 0. The second-order valence-corrected chi connectivity index (χ2v) is 4.81. The first kappa shape index (κ1) is 16.1. The number of furan rings is 1. The van der Waals surface area contributed by atoms with Crippen molar-refractivity contribution in [1.82, 2.24) is 0 Å². The number of carbonyl (C=O) groups is 1. The molecule has 118 valence electrons. The normalized spacial score (nSPS) is 10.4. The van der Waals surface area contributed by atoms with Crippen LogP contribution in [0, 0.1) is 0 Å². The largest absolute Gasteiger partial charge is 0.493 e. The molecule has 2 rings (SSSR count). The molecule has 1 heterocycles. The zero-order chi connectivity index (χ0) is 15.6. The summed E-state index contributed by atoms with van der Waals surface area (Å²) in [6.07, 6.45) is 2.63. The molecule has 0 bridgehead atoms. The fourth-order valence-electron chi connectivity index (χ4n) is 1.99. The molecule has 0 atom stereocenters. The Balaban J connectivity index is 1.61. The lowest BCUT2D eigenvalue weighted by molar-refractivity contribution is -0.672. The number of hydrogen-bond acceptors (Lipinski definition) is 4. The van der Waals surface area contributed by atoms with Crippen LogP contribution in [0.25, 0.3) is 0 Å². The van der Waals surface area contributed by atoms with Crippen molar-refractivity contribution in [2.75, 3.05) is 19.8 Å². The molecule has 22 heavy (non-hydrogen) atoms. The number of hydrogen-bond donors (Lipinski definition) is 1. The minimum Gasteiger partial charge on any atom is -0.493 e. The maximum absolute atomic E-state index is 11.5. The molecule has 2 aromatic rings. The van der Waals surface area contributed by atoms with Crippen molar-refractivity contribution < 1.29 is 24.0 Å². The molecule has 0 spiro atoms. The molecule has 0 unspecified atom stereocenters. The van der Waals surface area contributed by atoms with Gasteiger partial charge < -0.3 is 19.2 Å². The fourth-order valence-corrected chi connectivity index (χ4v) is 1.99. The minimum atomic E-state index is -0.304. The number of nitrogens with two attached hydrogens (primary N) is 1. The second-order valence-electron chi connectivity index (χ2n) is 4.81. The van der Waals surface area contributed by atoms with Crippen molar-refractivity contribution in [1.29, 1.82) is 0 Å². The number of carbonyl (C=O) groups excluding carboxylic acids is 1. The maximum Gasteiger partial charge on any atom is 0.338 e. The first-order valence-corrected chi connectivity index (χ1v) is 7.53. The van der Waals surface area contributed by atoms with E-state index >= 15 is 0 Å². The van der Waals surface area contributed by atoms with Crippen LogP contribution in [0.5, 0.6) is 5.75 Å². The van der Waals surface area contributed by atoms with E-state index in [1.807, 2.05) is 12.1 Å². The van der Waals surface area contributed by atoms with Crippen molar-refractivity contribution in [2.24, 2.45) is 0 Å². The van der Waals surface area contributed by atoms with Crippen LogP contribution < -0.4 is 10.1 Å². The van der Waals surface area contributed by atoms with E-state index in [1.165, 1.54) is 0 Å². The van der Waals surface area contributed by atoms with Crippen LogP contribution in [0.2, 0.25) is 0 Å². The van der Waals surface area contributed by atoms with Crippen LogP contribution in [0.1, 0.15) is 29.5 Å². The van der Waals surface area contributed by atoms with Crippen molar-refractivity contribution in [2.45, 2.75) is 19.9 Å². The Hall–Kier alpha value is -2.27. The Morgan fingerprint density at radius 1 is 1.23 bits per heavy atom. The highest BCUT2D eigenvalue weighted by Crippen LogP contribution is 2.13.